The quantitative estimate of drug-likeness (QED) is 0.553. The van der Waals surface area contributed by atoms with Crippen molar-refractivity contribution in [3.63, 3.8) is 0 Å². The molecular formula is C20H17ClN2O6. The van der Waals surface area contributed by atoms with E-state index >= 15 is 0 Å². The van der Waals surface area contributed by atoms with Crippen LogP contribution in [0.1, 0.15) is 21.5 Å². The number of hydrogen-bond donors (Lipinski definition) is 2. The lowest BCUT2D eigenvalue weighted by molar-refractivity contribution is -0.121. The fraction of sp³-hybridized carbons (Fsp3) is 0.150. The first-order valence-electron chi connectivity index (χ1n) is 8.43. The Hall–Kier alpha value is -3.52. The van der Waals surface area contributed by atoms with Crippen molar-refractivity contribution in [3.8, 4) is 11.5 Å². The highest BCUT2D eigenvalue weighted by Gasteiger charge is 2.30. The second-order valence-corrected chi connectivity index (χ2v) is 6.58. The number of amides is 3. The molecule has 2 aromatic rings. The summed E-state index contributed by atoms with van der Waals surface area (Å²) in [5.74, 6) is -0.806. The SMILES string of the molecule is COc1cc(/C=C2/NC(=O)N(C)C2=O)cc(Cl)c1OCc1ccc(C(=O)O)cc1. The molecule has 2 aromatic carbocycles. The summed E-state index contributed by atoms with van der Waals surface area (Å²) in [5.41, 5.74) is 1.61. The average Bonchev–Trinajstić information content (AvgIpc) is 2.93. The van der Waals surface area contributed by atoms with Crippen molar-refractivity contribution >= 4 is 35.6 Å². The molecule has 1 heterocycles. The molecule has 29 heavy (non-hydrogen) atoms. The zero-order valence-corrected chi connectivity index (χ0v) is 16.3. The third kappa shape index (κ3) is 4.33. The number of aromatic carboxylic acids is 1. The Balaban J connectivity index is 1.81. The maximum atomic E-state index is 12.0. The summed E-state index contributed by atoms with van der Waals surface area (Å²) in [5, 5.41) is 11.7. The maximum absolute atomic E-state index is 12.0. The van der Waals surface area contributed by atoms with Gasteiger partial charge in [-0.3, -0.25) is 9.69 Å². The number of nitrogens with zero attached hydrogens (tertiary/aromatic N) is 1. The molecule has 0 radical (unpaired) electrons. The van der Waals surface area contributed by atoms with Crippen molar-refractivity contribution in [2.75, 3.05) is 14.2 Å². The van der Waals surface area contributed by atoms with E-state index in [1.807, 2.05) is 0 Å². The standard InChI is InChI=1S/C20H17ClN2O6/c1-23-18(24)15(22-20(23)27)8-12-7-14(21)17(16(9-12)28-2)29-10-11-3-5-13(6-4-11)19(25)26/h3-9H,10H2,1-2H3,(H,22,27)(H,25,26)/b15-8+. The van der Waals surface area contributed by atoms with Crippen LogP contribution in [0.15, 0.2) is 42.1 Å². The molecule has 150 valence electrons. The molecule has 1 fully saturated rings. The molecule has 8 nitrogen and oxygen atoms in total. The normalized spacial score (nSPS) is 14.9. The molecule has 0 atom stereocenters. The van der Waals surface area contributed by atoms with Gasteiger partial charge in [-0.15, -0.1) is 0 Å². The minimum atomic E-state index is -1.00. The molecule has 9 heteroatoms. The number of carbonyl (C=O) groups is 3. The Labute approximate surface area is 171 Å². The van der Waals surface area contributed by atoms with Crippen LogP contribution < -0.4 is 14.8 Å². The van der Waals surface area contributed by atoms with E-state index in [4.69, 9.17) is 26.2 Å². The van der Waals surface area contributed by atoms with Gasteiger partial charge in [0.1, 0.15) is 12.3 Å². The number of benzene rings is 2. The van der Waals surface area contributed by atoms with Gasteiger partial charge in [0.15, 0.2) is 11.5 Å². The molecule has 1 aliphatic rings. The number of methoxy groups -OCH3 is 1. The summed E-state index contributed by atoms with van der Waals surface area (Å²) in [6, 6.07) is 8.96. The van der Waals surface area contributed by atoms with Crippen LogP contribution in [0.4, 0.5) is 4.79 Å². The number of halogens is 1. The van der Waals surface area contributed by atoms with Crippen LogP contribution in [-0.2, 0) is 11.4 Å². The van der Waals surface area contributed by atoms with Crippen LogP contribution in [0, 0.1) is 0 Å². The van der Waals surface area contributed by atoms with Crippen molar-refractivity contribution < 1.29 is 29.0 Å². The molecule has 2 N–H and O–H groups in total. The minimum absolute atomic E-state index is 0.128. The van der Waals surface area contributed by atoms with Crippen LogP contribution in [0.25, 0.3) is 6.08 Å². The van der Waals surface area contributed by atoms with Gasteiger partial charge in [-0.2, -0.15) is 0 Å². The first-order valence-corrected chi connectivity index (χ1v) is 8.81. The summed E-state index contributed by atoms with van der Waals surface area (Å²) in [4.78, 5) is 35.4. The number of carboxylic acids is 1. The summed E-state index contributed by atoms with van der Waals surface area (Å²) in [6.45, 7) is 0.149. The van der Waals surface area contributed by atoms with Gasteiger partial charge < -0.3 is 19.9 Å². The van der Waals surface area contributed by atoms with Crippen LogP contribution in [-0.4, -0.2) is 42.1 Å². The molecule has 3 rings (SSSR count). The van der Waals surface area contributed by atoms with Crippen molar-refractivity contribution in [1.29, 1.82) is 0 Å². The van der Waals surface area contributed by atoms with E-state index in [1.165, 1.54) is 32.4 Å². The van der Waals surface area contributed by atoms with Gasteiger partial charge in [0.25, 0.3) is 5.91 Å². The Morgan fingerprint density at radius 1 is 1.24 bits per heavy atom. The first kappa shape index (κ1) is 20.2. The Morgan fingerprint density at radius 2 is 1.93 bits per heavy atom. The second kappa shape index (κ2) is 8.24. The predicted octanol–water partition coefficient (Wildman–Crippen LogP) is 3.15. The second-order valence-electron chi connectivity index (χ2n) is 6.18. The Bertz CT molecular complexity index is 1020. The lowest BCUT2D eigenvalue weighted by Crippen LogP contribution is -2.25. The van der Waals surface area contributed by atoms with Crippen molar-refractivity contribution in [2.24, 2.45) is 0 Å². The highest BCUT2D eigenvalue weighted by molar-refractivity contribution is 6.32. The third-order valence-electron chi connectivity index (χ3n) is 4.23. The monoisotopic (exact) mass is 416 g/mol. The smallest absolute Gasteiger partial charge is 0.335 e. The fourth-order valence-electron chi connectivity index (χ4n) is 2.65. The lowest BCUT2D eigenvalue weighted by Gasteiger charge is -2.14. The summed E-state index contributed by atoms with van der Waals surface area (Å²) >= 11 is 6.33. The number of nitrogens with one attached hydrogen (secondary N) is 1. The largest absolute Gasteiger partial charge is 0.493 e. The van der Waals surface area contributed by atoms with Crippen LogP contribution in [0.3, 0.4) is 0 Å². The Morgan fingerprint density at radius 3 is 2.48 bits per heavy atom. The van der Waals surface area contributed by atoms with E-state index in [2.05, 4.69) is 5.32 Å². The van der Waals surface area contributed by atoms with E-state index < -0.39 is 17.9 Å². The van der Waals surface area contributed by atoms with Crippen LogP contribution >= 0.6 is 11.6 Å². The van der Waals surface area contributed by atoms with Gasteiger partial charge in [-0.05, 0) is 41.5 Å². The molecule has 0 bridgehead atoms. The Kier molecular flexibility index (Phi) is 5.74. The van der Waals surface area contributed by atoms with Crippen molar-refractivity contribution in [3.05, 3.63) is 63.8 Å². The van der Waals surface area contributed by atoms with Crippen LogP contribution in [0.5, 0.6) is 11.5 Å². The summed E-state index contributed by atoms with van der Waals surface area (Å²) < 4.78 is 11.1. The number of ether oxygens (including phenoxy) is 2. The summed E-state index contributed by atoms with van der Waals surface area (Å²) in [7, 11) is 2.83. The molecule has 0 saturated carbocycles. The lowest BCUT2D eigenvalue weighted by atomic mass is 10.1. The van der Waals surface area contributed by atoms with Gasteiger partial charge >= 0.3 is 12.0 Å². The maximum Gasteiger partial charge on any atom is 0.335 e. The van der Waals surface area contributed by atoms with Crippen LogP contribution in [0.2, 0.25) is 5.02 Å². The molecule has 0 aromatic heterocycles. The number of carbonyl (C=O) groups excluding carboxylic acids is 2. The molecule has 0 unspecified atom stereocenters. The van der Waals surface area contributed by atoms with E-state index in [0.717, 1.165) is 10.5 Å². The minimum Gasteiger partial charge on any atom is -0.493 e. The molecular weight excluding hydrogens is 400 g/mol. The first-order chi connectivity index (χ1) is 13.8. The molecule has 1 aliphatic heterocycles. The molecule has 1 saturated heterocycles. The van der Waals surface area contributed by atoms with Gasteiger partial charge in [-0.1, -0.05) is 23.7 Å². The number of carboxylic acid groups (broad SMARTS) is 1. The van der Waals surface area contributed by atoms with Gasteiger partial charge in [-0.25, -0.2) is 9.59 Å². The summed E-state index contributed by atoms with van der Waals surface area (Å²) in [6.07, 6.45) is 1.49. The number of hydrogen-bond acceptors (Lipinski definition) is 5. The fourth-order valence-corrected chi connectivity index (χ4v) is 2.93. The number of rotatable bonds is 6. The van der Waals surface area contributed by atoms with Gasteiger partial charge in [0.2, 0.25) is 0 Å². The number of imide groups is 1. The van der Waals surface area contributed by atoms with Crippen molar-refractivity contribution in [1.82, 2.24) is 10.2 Å². The van der Waals surface area contributed by atoms with E-state index in [9.17, 15) is 14.4 Å². The van der Waals surface area contributed by atoms with Gasteiger partial charge in [0, 0.05) is 7.05 Å². The molecule has 3 amide bonds. The topological polar surface area (TPSA) is 105 Å². The number of urea groups is 1. The average molecular weight is 417 g/mol. The van der Waals surface area contributed by atoms with Crippen molar-refractivity contribution in [2.45, 2.75) is 6.61 Å². The number of likely N-dealkylation sites (N-methyl/N-ethyl adjacent to an activating group) is 1. The zero-order valence-electron chi connectivity index (χ0n) is 15.6. The molecule has 0 spiro atoms. The van der Waals surface area contributed by atoms with E-state index in [1.54, 1.807) is 24.3 Å². The third-order valence-corrected chi connectivity index (χ3v) is 4.51. The van der Waals surface area contributed by atoms with E-state index in [0.29, 0.717) is 17.1 Å². The van der Waals surface area contributed by atoms with E-state index in [-0.39, 0.29) is 22.9 Å². The van der Waals surface area contributed by atoms with Gasteiger partial charge in [0.05, 0.1) is 17.7 Å². The predicted molar refractivity (Wildman–Crippen MR) is 105 cm³/mol. The highest BCUT2D eigenvalue weighted by atomic mass is 35.5. The molecule has 0 aliphatic carbocycles. The zero-order chi connectivity index (χ0) is 21.1. The highest BCUT2D eigenvalue weighted by Crippen LogP contribution is 2.37.